The number of pyridine rings is 1. The van der Waals surface area contributed by atoms with Gasteiger partial charge in [0, 0.05) is 42.0 Å². The number of nitrogens with zero attached hydrogens (tertiary/aromatic N) is 2. The fourth-order valence-electron chi connectivity index (χ4n) is 6.20. The van der Waals surface area contributed by atoms with Gasteiger partial charge < -0.3 is 4.74 Å². The smallest absolute Gasteiger partial charge is 0.130 e. The third-order valence-corrected chi connectivity index (χ3v) is 8.31. The van der Waals surface area contributed by atoms with Crippen molar-refractivity contribution in [2.75, 3.05) is 20.2 Å². The molecule has 1 aliphatic carbocycles. The Kier molecular flexibility index (Phi) is 9.80. The van der Waals surface area contributed by atoms with Crippen LogP contribution in [0, 0.1) is 19.8 Å². The molecule has 1 aliphatic rings. The van der Waals surface area contributed by atoms with E-state index in [1.54, 1.807) is 0 Å². The molecule has 198 valence electrons. The van der Waals surface area contributed by atoms with Crippen molar-refractivity contribution < 1.29 is 4.74 Å². The van der Waals surface area contributed by atoms with Gasteiger partial charge >= 0.3 is 0 Å². The highest BCUT2D eigenvalue weighted by Gasteiger charge is 2.23. The molecule has 0 saturated heterocycles. The van der Waals surface area contributed by atoms with Crippen LogP contribution in [0.2, 0.25) is 0 Å². The van der Waals surface area contributed by atoms with Gasteiger partial charge in [0.25, 0.3) is 0 Å². The SMILES string of the molecule is CCc1cccc(CC)c1-c1nc(C)c(CN(CCc2ccccc2)CC2CCCCC2)c(OC)c1C. The summed E-state index contributed by atoms with van der Waals surface area (Å²) in [5.41, 5.74) is 10.1. The van der Waals surface area contributed by atoms with Crippen LogP contribution in [0.25, 0.3) is 11.3 Å². The van der Waals surface area contributed by atoms with Gasteiger partial charge in [-0.25, -0.2) is 0 Å². The summed E-state index contributed by atoms with van der Waals surface area (Å²) in [4.78, 5) is 7.95. The van der Waals surface area contributed by atoms with Crippen LogP contribution in [0.3, 0.4) is 0 Å². The predicted octanol–water partition coefficient (Wildman–Crippen LogP) is 8.12. The topological polar surface area (TPSA) is 25.4 Å². The van der Waals surface area contributed by atoms with E-state index in [-0.39, 0.29) is 0 Å². The number of ether oxygens (including phenoxy) is 1. The first-order valence-electron chi connectivity index (χ1n) is 14.5. The molecule has 4 rings (SSSR count). The zero-order chi connectivity index (χ0) is 26.2. The van der Waals surface area contributed by atoms with Gasteiger partial charge in [-0.1, -0.05) is 81.6 Å². The summed E-state index contributed by atoms with van der Waals surface area (Å²) in [7, 11) is 1.83. The molecular formula is C34H46N2O. The number of aryl methyl sites for hydroxylation is 3. The van der Waals surface area contributed by atoms with Crippen molar-refractivity contribution in [3.8, 4) is 17.0 Å². The summed E-state index contributed by atoms with van der Waals surface area (Å²) in [5.74, 6) is 1.82. The molecule has 3 heteroatoms. The van der Waals surface area contributed by atoms with Crippen LogP contribution in [0.1, 0.15) is 79.5 Å². The van der Waals surface area contributed by atoms with Crippen molar-refractivity contribution in [3.05, 3.63) is 82.0 Å². The van der Waals surface area contributed by atoms with E-state index in [1.165, 1.54) is 65.5 Å². The molecule has 3 aromatic rings. The van der Waals surface area contributed by atoms with Gasteiger partial charge in [0.1, 0.15) is 5.75 Å². The zero-order valence-corrected chi connectivity index (χ0v) is 23.8. The normalized spacial score (nSPS) is 14.3. The quantitative estimate of drug-likeness (QED) is 0.267. The molecule has 0 bridgehead atoms. The summed E-state index contributed by atoms with van der Waals surface area (Å²) >= 11 is 0. The maximum absolute atomic E-state index is 6.15. The molecule has 3 nitrogen and oxygen atoms in total. The Labute approximate surface area is 225 Å². The van der Waals surface area contributed by atoms with E-state index in [4.69, 9.17) is 9.72 Å². The third kappa shape index (κ3) is 6.62. The molecule has 2 aromatic carbocycles. The lowest BCUT2D eigenvalue weighted by molar-refractivity contribution is 0.193. The zero-order valence-electron chi connectivity index (χ0n) is 23.8. The van der Waals surface area contributed by atoms with Crippen LogP contribution in [0.4, 0.5) is 0 Å². The number of rotatable bonds is 11. The van der Waals surface area contributed by atoms with E-state index in [0.717, 1.165) is 62.0 Å². The fourth-order valence-corrected chi connectivity index (χ4v) is 6.20. The van der Waals surface area contributed by atoms with Crippen molar-refractivity contribution in [2.45, 2.75) is 85.6 Å². The molecule has 0 atom stereocenters. The van der Waals surface area contributed by atoms with Crippen LogP contribution >= 0.6 is 0 Å². The number of benzene rings is 2. The average molecular weight is 499 g/mol. The summed E-state index contributed by atoms with van der Waals surface area (Å²) in [6.07, 6.45) is 9.96. The van der Waals surface area contributed by atoms with Crippen molar-refractivity contribution in [1.82, 2.24) is 9.88 Å². The first kappa shape index (κ1) is 27.4. The highest BCUT2D eigenvalue weighted by Crippen LogP contribution is 2.37. The standard InChI is InChI=1S/C34H46N2O/c1-6-29-19-14-20-30(7-2)32(29)33-25(3)34(37-5)31(26(4)35-33)24-36(23-28-17-12-9-13-18-28)22-21-27-15-10-8-11-16-27/h8,10-11,14-16,19-20,28H,6-7,9,12-13,17-18,21-24H2,1-5H3. The minimum absolute atomic E-state index is 0.799. The summed E-state index contributed by atoms with van der Waals surface area (Å²) < 4.78 is 6.15. The monoisotopic (exact) mass is 498 g/mol. The minimum Gasteiger partial charge on any atom is -0.496 e. The Morgan fingerprint density at radius 3 is 2.19 bits per heavy atom. The Hall–Kier alpha value is -2.65. The minimum atomic E-state index is 0.799. The summed E-state index contributed by atoms with van der Waals surface area (Å²) in [6.45, 7) is 12.0. The Balaban J connectivity index is 1.67. The van der Waals surface area contributed by atoms with E-state index >= 15 is 0 Å². The largest absolute Gasteiger partial charge is 0.496 e. The van der Waals surface area contributed by atoms with Gasteiger partial charge in [-0.15, -0.1) is 0 Å². The number of methoxy groups -OCH3 is 1. The van der Waals surface area contributed by atoms with E-state index in [9.17, 15) is 0 Å². The van der Waals surface area contributed by atoms with E-state index in [0.29, 0.717) is 0 Å². The second kappa shape index (κ2) is 13.2. The lowest BCUT2D eigenvalue weighted by Crippen LogP contribution is -2.32. The van der Waals surface area contributed by atoms with Crippen molar-refractivity contribution in [2.24, 2.45) is 5.92 Å². The van der Waals surface area contributed by atoms with Gasteiger partial charge in [0.15, 0.2) is 0 Å². The average Bonchev–Trinajstić information content (AvgIpc) is 2.94. The molecule has 0 N–H and O–H groups in total. The van der Waals surface area contributed by atoms with E-state index in [2.05, 4.69) is 81.1 Å². The molecule has 0 spiro atoms. The summed E-state index contributed by atoms with van der Waals surface area (Å²) in [5, 5.41) is 0. The second-order valence-corrected chi connectivity index (χ2v) is 10.8. The molecular weight excluding hydrogens is 452 g/mol. The first-order valence-corrected chi connectivity index (χ1v) is 14.5. The van der Waals surface area contributed by atoms with E-state index in [1.807, 2.05) is 7.11 Å². The highest BCUT2D eigenvalue weighted by molar-refractivity contribution is 5.73. The fraction of sp³-hybridized carbons (Fsp3) is 0.500. The van der Waals surface area contributed by atoms with Crippen LogP contribution < -0.4 is 4.74 Å². The van der Waals surface area contributed by atoms with Crippen LogP contribution in [-0.2, 0) is 25.8 Å². The summed E-state index contributed by atoms with van der Waals surface area (Å²) in [6, 6.07) is 17.6. The molecule has 0 amide bonds. The number of hydrogen-bond donors (Lipinski definition) is 0. The molecule has 1 saturated carbocycles. The lowest BCUT2D eigenvalue weighted by Gasteiger charge is -2.31. The van der Waals surface area contributed by atoms with Crippen molar-refractivity contribution in [3.63, 3.8) is 0 Å². The third-order valence-electron chi connectivity index (χ3n) is 8.31. The van der Waals surface area contributed by atoms with Crippen LogP contribution in [-0.4, -0.2) is 30.1 Å². The van der Waals surface area contributed by atoms with Gasteiger partial charge in [0.05, 0.1) is 12.8 Å². The molecule has 1 fully saturated rings. The highest BCUT2D eigenvalue weighted by atomic mass is 16.5. The van der Waals surface area contributed by atoms with Crippen LogP contribution in [0.15, 0.2) is 48.5 Å². The maximum Gasteiger partial charge on any atom is 0.130 e. The van der Waals surface area contributed by atoms with Gasteiger partial charge in [0.2, 0.25) is 0 Å². The number of hydrogen-bond acceptors (Lipinski definition) is 3. The number of aromatic nitrogens is 1. The van der Waals surface area contributed by atoms with E-state index < -0.39 is 0 Å². The molecule has 1 aromatic heterocycles. The molecule has 37 heavy (non-hydrogen) atoms. The molecule has 0 aliphatic heterocycles. The van der Waals surface area contributed by atoms with Crippen molar-refractivity contribution in [1.29, 1.82) is 0 Å². The molecule has 0 unspecified atom stereocenters. The first-order chi connectivity index (χ1) is 18.0. The maximum atomic E-state index is 6.15. The predicted molar refractivity (Wildman–Crippen MR) is 156 cm³/mol. The molecule has 0 radical (unpaired) electrons. The Bertz CT molecular complexity index is 1130. The Morgan fingerprint density at radius 2 is 1.57 bits per heavy atom. The van der Waals surface area contributed by atoms with Crippen molar-refractivity contribution >= 4 is 0 Å². The van der Waals surface area contributed by atoms with Gasteiger partial charge in [-0.3, -0.25) is 9.88 Å². The van der Waals surface area contributed by atoms with Gasteiger partial charge in [-0.05, 0) is 68.6 Å². The van der Waals surface area contributed by atoms with Gasteiger partial charge in [-0.2, -0.15) is 0 Å². The lowest BCUT2D eigenvalue weighted by atomic mass is 9.88. The van der Waals surface area contributed by atoms with Crippen LogP contribution in [0.5, 0.6) is 5.75 Å². The molecule has 1 heterocycles. The Morgan fingerprint density at radius 1 is 0.892 bits per heavy atom. The second-order valence-electron chi connectivity index (χ2n) is 10.8.